The molecule has 0 aliphatic rings. The van der Waals surface area contributed by atoms with Gasteiger partial charge >= 0.3 is 110 Å². The Bertz CT molecular complexity index is 402. The van der Waals surface area contributed by atoms with E-state index in [2.05, 4.69) is 20.8 Å². The summed E-state index contributed by atoms with van der Waals surface area (Å²) < 4.78 is 0. The Hall–Kier alpha value is -0.470. The Morgan fingerprint density at radius 2 is 1.33 bits per heavy atom. The van der Waals surface area contributed by atoms with Crippen molar-refractivity contribution in [2.24, 2.45) is 0 Å². The molecule has 0 saturated carbocycles. The zero-order chi connectivity index (χ0) is 14.4. The van der Waals surface area contributed by atoms with E-state index in [4.69, 9.17) is 0 Å². The zero-order valence-electron chi connectivity index (χ0n) is 12.1. The molecule has 0 amide bonds. The fraction of sp³-hybridized carbons (Fsp3) is 0.571. The van der Waals surface area contributed by atoms with Gasteiger partial charge < -0.3 is 0 Å². The van der Waals surface area contributed by atoms with Gasteiger partial charge in [-0.3, -0.25) is 0 Å². The van der Waals surface area contributed by atoms with Crippen molar-refractivity contribution in [2.45, 2.75) is 52.4 Å². The van der Waals surface area contributed by atoms with Crippen molar-refractivity contribution in [2.75, 3.05) is 0 Å². The summed E-state index contributed by atoms with van der Waals surface area (Å²) in [7, 11) is -4.30. The third-order valence-electron chi connectivity index (χ3n) is 2.98. The third-order valence-corrected chi connectivity index (χ3v) is 4.12. The molecular formula is C14H25O3P. The van der Waals surface area contributed by atoms with Crippen LogP contribution in [0.4, 0.5) is 0 Å². The van der Waals surface area contributed by atoms with E-state index in [1.165, 1.54) is 0 Å². The Morgan fingerprint density at radius 1 is 0.833 bits per heavy atom. The van der Waals surface area contributed by atoms with Crippen LogP contribution in [0.1, 0.15) is 52.7 Å². The average molecular weight is 272 g/mol. The zero-order valence-corrected chi connectivity index (χ0v) is 13.1. The number of benzene rings is 1. The summed E-state index contributed by atoms with van der Waals surface area (Å²) in [5, 5.41) is 0.294. The van der Waals surface area contributed by atoms with Gasteiger partial charge in [-0.05, 0) is 0 Å². The molecule has 0 spiro atoms. The standard InChI is InChI=1S/C14H25O3P/c1-13(2,3)10-8-7-9-11(18(15,16)17)12(10)14(4,5)6/h7-9,15-18H,1-6H3. The molecule has 104 valence electrons. The van der Waals surface area contributed by atoms with Crippen LogP contribution >= 0.6 is 7.94 Å². The Labute approximate surface area is 110 Å². The van der Waals surface area contributed by atoms with Crippen LogP contribution in [0.25, 0.3) is 0 Å². The Balaban J connectivity index is 3.68. The average Bonchev–Trinajstić information content (AvgIpc) is 2.12. The maximum absolute atomic E-state index is 9.67. The molecule has 0 atom stereocenters. The second kappa shape index (κ2) is 4.57. The van der Waals surface area contributed by atoms with E-state index < -0.39 is 7.94 Å². The maximum atomic E-state index is 9.67. The normalized spacial score (nSPS) is 14.7. The van der Waals surface area contributed by atoms with Crippen LogP contribution in [0.15, 0.2) is 18.2 Å². The topological polar surface area (TPSA) is 60.7 Å². The number of hydrogen-bond donors (Lipinski definition) is 3. The second-order valence-electron chi connectivity index (χ2n) is 6.86. The van der Waals surface area contributed by atoms with Gasteiger partial charge in [0.2, 0.25) is 0 Å². The van der Waals surface area contributed by atoms with E-state index in [0.29, 0.717) is 5.30 Å². The first-order chi connectivity index (χ1) is 7.85. The van der Waals surface area contributed by atoms with Crippen molar-refractivity contribution < 1.29 is 14.7 Å². The SMILES string of the molecule is CC(C)(C)c1cccc([PH](O)(O)O)c1C(C)(C)C. The molecule has 0 saturated heterocycles. The van der Waals surface area contributed by atoms with Crippen LogP contribution in [0.3, 0.4) is 0 Å². The molecule has 0 radical (unpaired) electrons. The van der Waals surface area contributed by atoms with Crippen LogP contribution in [-0.2, 0) is 10.8 Å². The Morgan fingerprint density at radius 3 is 1.67 bits per heavy atom. The van der Waals surface area contributed by atoms with Crippen LogP contribution in [-0.4, -0.2) is 14.7 Å². The first-order valence-corrected chi connectivity index (χ1v) is 8.01. The molecule has 0 heterocycles. The first-order valence-electron chi connectivity index (χ1n) is 6.16. The van der Waals surface area contributed by atoms with Crippen molar-refractivity contribution in [1.82, 2.24) is 0 Å². The van der Waals surface area contributed by atoms with Crippen LogP contribution < -0.4 is 5.30 Å². The number of rotatable bonds is 1. The number of hydrogen-bond acceptors (Lipinski definition) is 3. The fourth-order valence-electron chi connectivity index (χ4n) is 2.26. The van der Waals surface area contributed by atoms with Crippen molar-refractivity contribution in [1.29, 1.82) is 0 Å². The van der Waals surface area contributed by atoms with Crippen LogP contribution in [0.5, 0.6) is 0 Å². The van der Waals surface area contributed by atoms with E-state index in [-0.39, 0.29) is 10.8 Å². The minimum atomic E-state index is -4.30. The van der Waals surface area contributed by atoms with Gasteiger partial charge in [-0.1, -0.05) is 0 Å². The monoisotopic (exact) mass is 272 g/mol. The van der Waals surface area contributed by atoms with E-state index in [1.54, 1.807) is 12.1 Å². The van der Waals surface area contributed by atoms with E-state index in [0.717, 1.165) is 11.1 Å². The van der Waals surface area contributed by atoms with Crippen molar-refractivity contribution in [3.8, 4) is 0 Å². The van der Waals surface area contributed by atoms with Crippen LogP contribution in [0, 0.1) is 0 Å². The van der Waals surface area contributed by atoms with Gasteiger partial charge in [0.05, 0.1) is 0 Å². The molecule has 1 aromatic carbocycles. The summed E-state index contributed by atoms with van der Waals surface area (Å²) in [5.74, 6) is 0. The van der Waals surface area contributed by atoms with Crippen LogP contribution in [0.2, 0.25) is 0 Å². The summed E-state index contributed by atoms with van der Waals surface area (Å²) in [5.41, 5.74) is 1.52. The fourth-order valence-corrected chi connectivity index (χ4v) is 3.43. The summed E-state index contributed by atoms with van der Waals surface area (Å²) in [6.45, 7) is 12.3. The molecular weight excluding hydrogens is 247 g/mol. The van der Waals surface area contributed by atoms with Gasteiger partial charge in [0.25, 0.3) is 0 Å². The summed E-state index contributed by atoms with van der Waals surface area (Å²) in [6, 6.07) is 5.38. The molecule has 18 heavy (non-hydrogen) atoms. The van der Waals surface area contributed by atoms with Gasteiger partial charge in [0, 0.05) is 0 Å². The molecule has 0 unspecified atom stereocenters. The molecule has 0 bridgehead atoms. The molecule has 0 aliphatic heterocycles. The predicted molar refractivity (Wildman–Crippen MR) is 78.4 cm³/mol. The van der Waals surface area contributed by atoms with E-state index in [9.17, 15) is 14.7 Å². The first kappa shape index (κ1) is 15.6. The van der Waals surface area contributed by atoms with Gasteiger partial charge in [-0.15, -0.1) is 0 Å². The van der Waals surface area contributed by atoms with Gasteiger partial charge in [0.15, 0.2) is 0 Å². The molecule has 1 aromatic rings. The third kappa shape index (κ3) is 3.30. The summed E-state index contributed by atoms with van der Waals surface area (Å²) in [6.07, 6.45) is 0. The van der Waals surface area contributed by atoms with Gasteiger partial charge in [-0.25, -0.2) is 0 Å². The van der Waals surface area contributed by atoms with Gasteiger partial charge in [0.1, 0.15) is 0 Å². The molecule has 4 heteroatoms. The predicted octanol–water partition coefficient (Wildman–Crippen LogP) is 2.38. The van der Waals surface area contributed by atoms with Crippen molar-refractivity contribution in [3.63, 3.8) is 0 Å². The molecule has 1 rings (SSSR count). The van der Waals surface area contributed by atoms with Crippen molar-refractivity contribution >= 4 is 13.2 Å². The summed E-state index contributed by atoms with van der Waals surface area (Å²) >= 11 is 0. The quantitative estimate of drug-likeness (QED) is 0.688. The van der Waals surface area contributed by atoms with Crippen molar-refractivity contribution in [3.05, 3.63) is 29.3 Å². The molecule has 3 N–H and O–H groups in total. The minimum absolute atomic E-state index is 0.113. The van der Waals surface area contributed by atoms with Gasteiger partial charge in [-0.2, -0.15) is 0 Å². The molecule has 3 nitrogen and oxygen atoms in total. The molecule has 0 fully saturated rings. The molecule has 0 aliphatic carbocycles. The summed E-state index contributed by atoms with van der Waals surface area (Å²) in [4.78, 5) is 29.0. The van der Waals surface area contributed by atoms with E-state index in [1.807, 2.05) is 26.8 Å². The van der Waals surface area contributed by atoms with E-state index >= 15 is 0 Å². The molecule has 0 aromatic heterocycles. The second-order valence-corrected chi connectivity index (χ2v) is 8.67. The Kier molecular flexibility index (Phi) is 3.96.